The van der Waals surface area contributed by atoms with Crippen LogP contribution >= 0.6 is 11.6 Å². The number of hydrogen-bond donors (Lipinski definition) is 1. The number of fused-ring (bicyclic) bond motifs is 1. The van der Waals surface area contributed by atoms with Crippen LogP contribution in [0.25, 0.3) is 0 Å². The monoisotopic (exact) mass is 254 g/mol. The number of anilines is 2. The Morgan fingerprint density at radius 3 is 3.18 bits per heavy atom. The molecule has 2 N–H and O–H groups in total. The van der Waals surface area contributed by atoms with Gasteiger partial charge in [0.15, 0.2) is 5.82 Å². The highest BCUT2D eigenvalue weighted by Gasteiger charge is 2.37. The second-order valence-electron chi connectivity index (χ2n) is 4.50. The molecule has 0 radical (unpaired) electrons. The van der Waals surface area contributed by atoms with E-state index in [-0.39, 0.29) is 0 Å². The first-order chi connectivity index (χ1) is 8.27. The largest absolute Gasteiger partial charge is 0.382 e. The number of nitrogen functional groups attached to an aromatic ring is 1. The van der Waals surface area contributed by atoms with E-state index in [0.29, 0.717) is 23.0 Å². The van der Waals surface area contributed by atoms with E-state index in [1.54, 1.807) is 0 Å². The van der Waals surface area contributed by atoms with Gasteiger partial charge in [-0.2, -0.15) is 0 Å². The van der Waals surface area contributed by atoms with Gasteiger partial charge in [0.2, 0.25) is 0 Å². The van der Waals surface area contributed by atoms with E-state index in [2.05, 4.69) is 14.9 Å². The van der Waals surface area contributed by atoms with Gasteiger partial charge in [0.1, 0.15) is 17.2 Å². The Morgan fingerprint density at radius 2 is 2.29 bits per heavy atom. The number of aromatic nitrogens is 2. The summed E-state index contributed by atoms with van der Waals surface area (Å²) in [7, 11) is 0. The molecule has 1 aliphatic carbocycles. The van der Waals surface area contributed by atoms with Gasteiger partial charge in [-0.3, -0.25) is 0 Å². The van der Waals surface area contributed by atoms with E-state index >= 15 is 0 Å². The van der Waals surface area contributed by atoms with Crippen LogP contribution in [-0.2, 0) is 4.74 Å². The smallest absolute Gasteiger partial charge is 0.153 e. The molecule has 1 aromatic rings. The van der Waals surface area contributed by atoms with Crippen LogP contribution in [0.3, 0.4) is 0 Å². The molecule has 2 fully saturated rings. The predicted molar refractivity (Wildman–Crippen MR) is 66.2 cm³/mol. The summed E-state index contributed by atoms with van der Waals surface area (Å²) in [5.74, 6) is 1.09. The Hall–Kier alpha value is -1.07. The molecule has 1 saturated carbocycles. The topological polar surface area (TPSA) is 64.3 Å². The Labute approximate surface area is 105 Å². The normalized spacial score (nSPS) is 28.2. The number of rotatable bonds is 1. The Kier molecular flexibility index (Phi) is 2.80. The lowest BCUT2D eigenvalue weighted by Crippen LogP contribution is -2.49. The Morgan fingerprint density at radius 1 is 1.41 bits per heavy atom. The maximum Gasteiger partial charge on any atom is 0.153 e. The lowest BCUT2D eigenvalue weighted by atomic mass is 10.1. The molecule has 1 aromatic heterocycles. The number of ether oxygens (including phenoxy) is 1. The van der Waals surface area contributed by atoms with E-state index < -0.39 is 0 Å². The van der Waals surface area contributed by atoms with Gasteiger partial charge in [0.05, 0.1) is 18.8 Å². The lowest BCUT2D eigenvalue weighted by molar-refractivity contribution is 0.0253. The summed E-state index contributed by atoms with van der Waals surface area (Å²) >= 11 is 6.18. The van der Waals surface area contributed by atoms with Crippen LogP contribution < -0.4 is 10.6 Å². The highest BCUT2D eigenvalue weighted by atomic mass is 35.5. The molecule has 1 saturated heterocycles. The van der Waals surface area contributed by atoms with E-state index in [4.69, 9.17) is 22.1 Å². The molecule has 3 rings (SSSR count). The molecular weight excluding hydrogens is 240 g/mol. The molecule has 2 atom stereocenters. The highest BCUT2D eigenvalue weighted by molar-refractivity contribution is 6.35. The van der Waals surface area contributed by atoms with Gasteiger partial charge in [-0.1, -0.05) is 11.6 Å². The molecule has 17 heavy (non-hydrogen) atoms. The second-order valence-corrected chi connectivity index (χ2v) is 4.88. The number of nitrogens with zero attached hydrogens (tertiary/aromatic N) is 3. The fourth-order valence-corrected chi connectivity index (χ4v) is 2.97. The first kappa shape index (κ1) is 11.0. The van der Waals surface area contributed by atoms with E-state index in [9.17, 15) is 0 Å². The highest BCUT2D eigenvalue weighted by Crippen LogP contribution is 2.36. The van der Waals surface area contributed by atoms with Gasteiger partial charge >= 0.3 is 0 Å². The van der Waals surface area contributed by atoms with Crippen molar-refractivity contribution in [2.45, 2.75) is 31.4 Å². The molecule has 0 bridgehead atoms. The van der Waals surface area contributed by atoms with Crippen molar-refractivity contribution in [2.24, 2.45) is 0 Å². The average Bonchev–Trinajstić information content (AvgIpc) is 2.81. The van der Waals surface area contributed by atoms with Crippen molar-refractivity contribution in [1.82, 2.24) is 9.97 Å². The van der Waals surface area contributed by atoms with Gasteiger partial charge in [0, 0.05) is 6.54 Å². The number of hydrogen-bond acceptors (Lipinski definition) is 5. The predicted octanol–water partition coefficient (Wildman–Crippen LogP) is 1.47. The van der Waals surface area contributed by atoms with Crippen molar-refractivity contribution in [3.8, 4) is 0 Å². The zero-order chi connectivity index (χ0) is 11.8. The second kappa shape index (κ2) is 4.31. The van der Waals surface area contributed by atoms with Crippen LogP contribution in [0.5, 0.6) is 0 Å². The molecule has 92 valence electrons. The molecule has 0 aromatic carbocycles. The first-order valence-corrected chi connectivity index (χ1v) is 6.29. The summed E-state index contributed by atoms with van der Waals surface area (Å²) in [6.45, 7) is 1.54. The molecular formula is C11H15ClN4O. The molecule has 0 spiro atoms. The van der Waals surface area contributed by atoms with E-state index in [0.717, 1.165) is 31.8 Å². The van der Waals surface area contributed by atoms with Gasteiger partial charge in [0.25, 0.3) is 0 Å². The molecule has 6 heteroatoms. The molecule has 5 nitrogen and oxygen atoms in total. The molecule has 2 aliphatic rings. The van der Waals surface area contributed by atoms with E-state index in [1.807, 2.05) is 0 Å². The summed E-state index contributed by atoms with van der Waals surface area (Å²) in [5, 5.41) is 0.458. The van der Waals surface area contributed by atoms with Gasteiger partial charge < -0.3 is 15.4 Å². The Bertz CT molecular complexity index is 428. The van der Waals surface area contributed by atoms with Crippen molar-refractivity contribution in [3.05, 3.63) is 11.3 Å². The van der Waals surface area contributed by atoms with Crippen molar-refractivity contribution in [2.75, 3.05) is 23.8 Å². The van der Waals surface area contributed by atoms with Gasteiger partial charge in [-0.25, -0.2) is 9.97 Å². The van der Waals surface area contributed by atoms with Crippen LogP contribution in [0.15, 0.2) is 6.33 Å². The lowest BCUT2D eigenvalue weighted by Gasteiger charge is -2.38. The minimum Gasteiger partial charge on any atom is -0.382 e. The quantitative estimate of drug-likeness (QED) is 0.822. The minimum atomic E-state index is 0.316. The summed E-state index contributed by atoms with van der Waals surface area (Å²) in [4.78, 5) is 10.4. The van der Waals surface area contributed by atoms with E-state index in [1.165, 1.54) is 12.7 Å². The molecule has 2 unspecified atom stereocenters. The Balaban J connectivity index is 1.94. The third-order valence-corrected chi connectivity index (χ3v) is 3.91. The number of nitrogens with two attached hydrogens (primary N) is 1. The fraction of sp³-hybridized carbons (Fsp3) is 0.636. The number of halogens is 1. The van der Waals surface area contributed by atoms with Gasteiger partial charge in [-0.05, 0) is 19.3 Å². The zero-order valence-corrected chi connectivity index (χ0v) is 10.2. The van der Waals surface area contributed by atoms with Crippen LogP contribution in [0.4, 0.5) is 11.6 Å². The minimum absolute atomic E-state index is 0.316. The van der Waals surface area contributed by atoms with Crippen molar-refractivity contribution >= 4 is 23.2 Å². The molecule has 2 heterocycles. The SMILES string of the molecule is Nc1ncnc(N2CCOC3CCCC32)c1Cl. The standard InChI is InChI=1S/C11H15ClN4O/c12-9-10(13)14-6-15-11(9)16-4-5-17-8-3-1-2-7(8)16/h6-8H,1-5H2,(H2,13,14,15). The zero-order valence-electron chi connectivity index (χ0n) is 9.47. The van der Waals surface area contributed by atoms with Gasteiger partial charge in [-0.15, -0.1) is 0 Å². The summed E-state index contributed by atoms with van der Waals surface area (Å²) in [6.07, 6.45) is 5.24. The maximum atomic E-state index is 6.18. The van der Waals surface area contributed by atoms with Crippen LogP contribution in [0, 0.1) is 0 Å². The summed E-state index contributed by atoms with van der Waals surface area (Å²) < 4.78 is 5.76. The molecule has 1 aliphatic heterocycles. The van der Waals surface area contributed by atoms with Crippen LogP contribution in [0.2, 0.25) is 5.02 Å². The molecule has 0 amide bonds. The summed E-state index contributed by atoms with van der Waals surface area (Å²) in [6, 6.07) is 0.385. The third-order valence-electron chi connectivity index (χ3n) is 3.55. The van der Waals surface area contributed by atoms with Crippen molar-refractivity contribution in [3.63, 3.8) is 0 Å². The van der Waals surface area contributed by atoms with Crippen molar-refractivity contribution in [1.29, 1.82) is 0 Å². The fourth-order valence-electron chi connectivity index (χ4n) is 2.76. The third kappa shape index (κ3) is 1.83. The maximum absolute atomic E-state index is 6.18. The summed E-state index contributed by atoms with van der Waals surface area (Å²) in [5.41, 5.74) is 5.72. The first-order valence-electron chi connectivity index (χ1n) is 5.91. The van der Waals surface area contributed by atoms with Crippen LogP contribution in [-0.4, -0.2) is 35.3 Å². The number of morpholine rings is 1. The average molecular weight is 255 g/mol. The van der Waals surface area contributed by atoms with Crippen LogP contribution in [0.1, 0.15) is 19.3 Å². The van der Waals surface area contributed by atoms with Crippen molar-refractivity contribution < 1.29 is 4.74 Å².